The van der Waals surface area contributed by atoms with E-state index in [1.165, 1.54) is 0 Å². The van der Waals surface area contributed by atoms with E-state index in [1.54, 1.807) is 53.4 Å². The van der Waals surface area contributed by atoms with Gasteiger partial charge in [0, 0.05) is 64.1 Å². The molecule has 0 saturated carbocycles. The summed E-state index contributed by atoms with van der Waals surface area (Å²) in [6.45, 7) is 1.41. The van der Waals surface area contributed by atoms with Gasteiger partial charge in [0.05, 0.1) is 29.9 Å². The highest BCUT2D eigenvalue weighted by Crippen LogP contribution is 2.35. The molecule has 1 saturated heterocycles. The number of carbonyl (C=O) groups excluding carboxylic acids is 6. The van der Waals surface area contributed by atoms with E-state index in [9.17, 15) is 37.2 Å². The molecule has 1 fully saturated rings. The van der Waals surface area contributed by atoms with Crippen LogP contribution >= 0.6 is 0 Å². The number of piperidine rings is 1. The summed E-state index contributed by atoms with van der Waals surface area (Å²) >= 11 is 0. The molecule has 67 heavy (non-hydrogen) atoms. The van der Waals surface area contributed by atoms with E-state index >= 15 is 0 Å². The smallest absolute Gasteiger partial charge is 0.246 e. The summed E-state index contributed by atoms with van der Waals surface area (Å²) in [6, 6.07) is 28.4. The molecular weight excluding hydrogens is 875 g/mol. The van der Waals surface area contributed by atoms with Crippen molar-refractivity contribution >= 4 is 45.3 Å². The van der Waals surface area contributed by atoms with Gasteiger partial charge in [-0.3, -0.25) is 28.8 Å². The predicted octanol–water partition coefficient (Wildman–Crippen LogP) is 2.15. The maximum absolute atomic E-state index is 14.9. The van der Waals surface area contributed by atoms with E-state index in [0.29, 0.717) is 43.7 Å². The third-order valence-corrected chi connectivity index (χ3v) is 13.0. The third kappa shape index (κ3) is 14.4. The minimum absolute atomic E-state index is 0.00149. The van der Waals surface area contributed by atoms with E-state index in [4.69, 9.17) is 10.5 Å². The Morgan fingerprint density at radius 2 is 1.51 bits per heavy atom. The van der Waals surface area contributed by atoms with Crippen LogP contribution in [0.3, 0.4) is 0 Å². The number of sulfone groups is 1. The Morgan fingerprint density at radius 3 is 2.21 bits per heavy atom. The number of carbonyl (C=O) groups is 6. The maximum Gasteiger partial charge on any atom is 0.246 e. The van der Waals surface area contributed by atoms with Gasteiger partial charge in [0.25, 0.3) is 0 Å². The summed E-state index contributed by atoms with van der Waals surface area (Å²) < 4.78 is 29.4. The lowest BCUT2D eigenvalue weighted by Crippen LogP contribution is -2.58. The molecule has 3 atom stereocenters. The van der Waals surface area contributed by atoms with Crippen molar-refractivity contribution in [2.75, 3.05) is 52.2 Å². The largest absolute Gasteiger partial charge is 0.378 e. The number of ether oxygens (including phenoxy) is 1. The van der Waals surface area contributed by atoms with E-state index in [2.05, 4.69) is 26.6 Å². The molecular formula is C50H59N7O9S. The molecule has 2 aliphatic rings. The quantitative estimate of drug-likeness (QED) is 0.113. The summed E-state index contributed by atoms with van der Waals surface area (Å²) in [4.78, 5) is 84.7. The first kappa shape index (κ1) is 49.7. The lowest BCUT2D eigenvalue weighted by Gasteiger charge is -2.42. The van der Waals surface area contributed by atoms with Crippen LogP contribution in [0.5, 0.6) is 0 Å². The molecule has 2 aliphatic heterocycles. The molecule has 7 N–H and O–H groups in total. The van der Waals surface area contributed by atoms with Gasteiger partial charge >= 0.3 is 0 Å². The van der Waals surface area contributed by atoms with Crippen LogP contribution in [-0.2, 0) is 69.1 Å². The van der Waals surface area contributed by atoms with Gasteiger partial charge < -0.3 is 42.0 Å². The van der Waals surface area contributed by atoms with Gasteiger partial charge in [-0.2, -0.15) is 0 Å². The predicted molar refractivity (Wildman–Crippen MR) is 253 cm³/mol. The SMILES string of the molecule is CS(=O)(=O)c1ccc(-c2ccc(C[C@@H]3NC(=O)[C@]4(Cc5ccccc5)CCCN(C4)C(=O)/C=C/C(=O)NCC[C@@H](C(=O)NCCOCCN)NC(=O)Cc4ccccc4CNC3=O)cc2)cc1. The molecule has 2 heterocycles. The zero-order valence-electron chi connectivity index (χ0n) is 37.6. The fraction of sp³-hybridized carbons (Fsp3) is 0.360. The highest BCUT2D eigenvalue weighted by atomic mass is 32.2. The molecule has 0 unspecified atom stereocenters. The molecule has 4 aromatic rings. The lowest BCUT2D eigenvalue weighted by molar-refractivity contribution is -0.141. The summed E-state index contributed by atoms with van der Waals surface area (Å²) in [6.07, 6.45) is 4.61. The van der Waals surface area contributed by atoms with Crippen LogP contribution in [0.25, 0.3) is 11.1 Å². The highest BCUT2D eigenvalue weighted by Gasteiger charge is 2.44. The van der Waals surface area contributed by atoms with Crippen molar-refractivity contribution in [1.82, 2.24) is 31.5 Å². The Balaban J connectivity index is 1.31. The zero-order valence-corrected chi connectivity index (χ0v) is 38.4. The monoisotopic (exact) mass is 933 g/mol. The number of amides is 6. The van der Waals surface area contributed by atoms with Crippen molar-refractivity contribution in [3.05, 3.63) is 138 Å². The molecule has 354 valence electrons. The Hall–Kier alpha value is -6.69. The fourth-order valence-corrected chi connectivity index (χ4v) is 8.93. The number of nitrogens with two attached hydrogens (primary N) is 1. The van der Waals surface area contributed by atoms with Crippen molar-refractivity contribution in [2.24, 2.45) is 11.1 Å². The topological polar surface area (TPSA) is 235 Å². The first-order valence-electron chi connectivity index (χ1n) is 22.4. The molecule has 0 aromatic heterocycles. The number of benzene rings is 4. The van der Waals surface area contributed by atoms with Crippen molar-refractivity contribution in [2.45, 2.75) is 62.0 Å². The van der Waals surface area contributed by atoms with E-state index < -0.39 is 62.8 Å². The van der Waals surface area contributed by atoms with Crippen LogP contribution in [-0.4, -0.2) is 113 Å². The molecule has 2 bridgehead atoms. The average molecular weight is 934 g/mol. The first-order valence-corrected chi connectivity index (χ1v) is 24.3. The third-order valence-electron chi connectivity index (χ3n) is 11.9. The standard InChI is InChI=1S/C50H59N7O9S/c1-67(64,65)41-18-16-38(17-19-41)37-14-12-35(13-15-37)30-43-48(62)54-33-40-11-6-5-10-39(40)31-45(59)55-42(47(61)53-26-29-66-28-24-51)22-25-52-44(58)20-21-46(60)57-27-7-23-50(34-57,49(63)56-43)32-36-8-3-2-4-9-36/h2-6,8-21,42-43H,7,22-34,51H2,1H3,(H,52,58)(H,53,61)(H,54,62)(H,55,59)(H,56,63)/b21-20+/t42-,43-,50-/m0/s1. The molecule has 4 aromatic carbocycles. The van der Waals surface area contributed by atoms with Crippen molar-refractivity contribution in [1.29, 1.82) is 0 Å². The summed E-state index contributed by atoms with van der Waals surface area (Å²) in [7, 11) is -3.37. The second kappa shape index (κ2) is 23.7. The van der Waals surface area contributed by atoms with Gasteiger partial charge in [-0.1, -0.05) is 91.0 Å². The Kier molecular flexibility index (Phi) is 17.6. The normalized spacial score (nSPS) is 20.7. The van der Waals surface area contributed by atoms with Crippen molar-refractivity contribution in [3.8, 4) is 11.1 Å². The number of fused-ring (bicyclic) bond motifs is 3. The summed E-state index contributed by atoms with van der Waals surface area (Å²) in [5.41, 5.74) is 8.81. The maximum atomic E-state index is 14.9. The molecule has 6 rings (SSSR count). The first-order chi connectivity index (χ1) is 32.2. The van der Waals surface area contributed by atoms with Crippen LogP contribution in [0.2, 0.25) is 0 Å². The van der Waals surface area contributed by atoms with E-state index in [1.807, 2.05) is 54.6 Å². The van der Waals surface area contributed by atoms with Gasteiger partial charge in [-0.05, 0) is 71.2 Å². The van der Waals surface area contributed by atoms with Crippen LogP contribution in [0.1, 0.15) is 41.5 Å². The van der Waals surface area contributed by atoms with Crippen molar-refractivity contribution < 1.29 is 41.9 Å². The van der Waals surface area contributed by atoms with Gasteiger partial charge in [0.15, 0.2) is 9.84 Å². The number of rotatable bonds is 12. The van der Waals surface area contributed by atoms with Gasteiger partial charge in [-0.15, -0.1) is 0 Å². The van der Waals surface area contributed by atoms with E-state index in [-0.39, 0.29) is 63.4 Å². The molecule has 0 aliphatic carbocycles. The molecule has 6 amide bonds. The van der Waals surface area contributed by atoms with E-state index in [0.717, 1.165) is 40.7 Å². The number of hydrogen-bond donors (Lipinski definition) is 6. The minimum atomic E-state index is -3.37. The number of nitrogens with one attached hydrogen (secondary N) is 5. The van der Waals surface area contributed by atoms with Crippen LogP contribution < -0.4 is 32.3 Å². The second-order valence-electron chi connectivity index (χ2n) is 16.9. The van der Waals surface area contributed by atoms with Gasteiger partial charge in [-0.25, -0.2) is 8.42 Å². The van der Waals surface area contributed by atoms with Crippen LogP contribution in [0, 0.1) is 5.41 Å². The zero-order chi connectivity index (χ0) is 47.8. The minimum Gasteiger partial charge on any atom is -0.378 e. The fourth-order valence-electron chi connectivity index (χ4n) is 8.30. The molecule has 16 nitrogen and oxygen atoms in total. The number of nitrogens with zero attached hydrogens (tertiary/aromatic N) is 1. The lowest BCUT2D eigenvalue weighted by atomic mass is 9.74. The average Bonchev–Trinajstić information content (AvgIpc) is 3.32. The highest BCUT2D eigenvalue weighted by molar-refractivity contribution is 7.90. The van der Waals surface area contributed by atoms with Gasteiger partial charge in [0.1, 0.15) is 12.1 Å². The van der Waals surface area contributed by atoms with Crippen LogP contribution in [0.15, 0.2) is 120 Å². The second-order valence-corrected chi connectivity index (χ2v) is 18.9. The Bertz CT molecular complexity index is 2520. The Morgan fingerprint density at radius 1 is 0.821 bits per heavy atom. The summed E-state index contributed by atoms with van der Waals surface area (Å²) in [5.74, 6) is -2.88. The van der Waals surface area contributed by atoms with Gasteiger partial charge in [0.2, 0.25) is 35.4 Å². The van der Waals surface area contributed by atoms with Crippen LogP contribution in [0.4, 0.5) is 0 Å². The Labute approximate surface area is 391 Å². The molecule has 17 heteroatoms. The molecule has 0 spiro atoms. The van der Waals surface area contributed by atoms with Crippen molar-refractivity contribution in [3.63, 3.8) is 0 Å². The molecule has 0 radical (unpaired) electrons. The number of hydrogen-bond acceptors (Lipinski definition) is 10. The summed E-state index contributed by atoms with van der Waals surface area (Å²) in [5, 5.41) is 14.3.